The zero-order valence-electron chi connectivity index (χ0n) is 30.9. The van der Waals surface area contributed by atoms with E-state index in [4.69, 9.17) is 15.3 Å². The molecule has 4 aliphatic rings. The Balaban J connectivity index is 1.09. The Morgan fingerprint density at radius 1 is 1.27 bits per heavy atom. The van der Waals surface area contributed by atoms with Gasteiger partial charge in [0.25, 0.3) is 0 Å². The van der Waals surface area contributed by atoms with Crippen LogP contribution >= 0.6 is 0 Å². The fraction of sp³-hybridized carbons (Fsp3) is 0.675. The number of nitrogen functional groups attached to an aromatic ring is 1. The first kappa shape index (κ1) is 40.0. The number of anilines is 1. The number of hydrogen-bond donors (Lipinski definition) is 4. The standard InChI is InChI=1S/C40H58F2N4O6/c1-5-6-8-27(26(3)47)12-15-29-9-7-20-39(4)32(16-17-33(29)39)25(2)10-11-30(28-13-14-28)23-31(48)19-22-51-44-24-34-36(49)40(41,42)37(52-34)46-21-18-35(43)45-38(46)50/h10-12,15,18,21,25,28,30,32-34,36-37,44,47,49H,3,5-9,13-14,16-17,19-20,22-24H2,1-2,4H3,(H2,43,45,50)/b11-10+,27-12-,29-15+/t25-,30?,32?,33?,34?,36?,37?,39+/m0/s1. The second kappa shape index (κ2) is 17.3. The van der Waals surface area contributed by atoms with Crippen molar-refractivity contribution in [2.75, 3.05) is 18.9 Å². The number of carbonyl (C=O) groups excluding carboxylic acids is 1. The number of nitrogens with two attached hydrogens (primary N) is 1. The van der Waals surface area contributed by atoms with Crippen molar-refractivity contribution in [3.63, 3.8) is 0 Å². The minimum absolute atomic E-state index is 0.0414. The number of aliphatic hydroxyl groups is 2. The molecule has 10 nitrogen and oxygen atoms in total. The molecule has 3 aliphatic carbocycles. The number of halogens is 2. The van der Waals surface area contributed by atoms with E-state index in [0.717, 1.165) is 50.3 Å². The molecule has 0 spiro atoms. The summed E-state index contributed by atoms with van der Waals surface area (Å²) in [5, 5.41) is 20.3. The van der Waals surface area contributed by atoms with E-state index in [1.807, 2.05) is 0 Å². The summed E-state index contributed by atoms with van der Waals surface area (Å²) in [5.74, 6) is -1.44. The molecule has 0 aromatic carbocycles. The number of ketones is 1. The Kier molecular flexibility index (Phi) is 13.3. The minimum atomic E-state index is -3.76. The van der Waals surface area contributed by atoms with E-state index in [1.165, 1.54) is 37.3 Å². The van der Waals surface area contributed by atoms with E-state index in [2.05, 4.69) is 62.1 Å². The van der Waals surface area contributed by atoms with Gasteiger partial charge in [0.15, 0.2) is 0 Å². The van der Waals surface area contributed by atoms with Crippen LogP contribution in [0.4, 0.5) is 14.6 Å². The predicted molar refractivity (Wildman–Crippen MR) is 196 cm³/mol. The third-order valence-electron chi connectivity index (χ3n) is 12.0. The van der Waals surface area contributed by atoms with Crippen LogP contribution in [0.3, 0.4) is 0 Å². The smallest absolute Gasteiger partial charge is 0.351 e. The Hall–Kier alpha value is -3.19. The van der Waals surface area contributed by atoms with Crippen molar-refractivity contribution in [3.05, 3.63) is 70.5 Å². The molecule has 52 heavy (non-hydrogen) atoms. The molecule has 288 valence electrons. The summed E-state index contributed by atoms with van der Waals surface area (Å²) in [5.41, 5.74) is 9.62. The lowest BCUT2D eigenvalue weighted by Crippen LogP contribution is -2.43. The number of aliphatic hydroxyl groups excluding tert-OH is 2. The lowest BCUT2D eigenvalue weighted by molar-refractivity contribution is -0.140. The van der Waals surface area contributed by atoms with Crippen molar-refractivity contribution >= 4 is 11.6 Å². The number of rotatable bonds is 18. The number of allylic oxidation sites excluding steroid dienone is 6. The maximum absolute atomic E-state index is 14.8. The molecule has 1 aromatic rings. The van der Waals surface area contributed by atoms with Gasteiger partial charge in [-0.1, -0.05) is 63.6 Å². The number of ether oxygens (including phenoxy) is 1. The van der Waals surface area contributed by atoms with Crippen LogP contribution in [0.2, 0.25) is 0 Å². The second-order valence-corrected chi connectivity index (χ2v) is 15.7. The number of nitrogens with one attached hydrogen (secondary N) is 1. The Morgan fingerprint density at radius 3 is 2.73 bits per heavy atom. The third-order valence-corrected chi connectivity index (χ3v) is 12.0. The van der Waals surface area contributed by atoms with Crippen LogP contribution < -0.4 is 16.9 Å². The lowest BCUT2D eigenvalue weighted by Gasteiger charge is -2.44. The maximum atomic E-state index is 14.8. The average Bonchev–Trinajstić information content (AvgIpc) is 3.84. The first-order valence-corrected chi connectivity index (χ1v) is 19.1. The van der Waals surface area contributed by atoms with E-state index in [-0.39, 0.29) is 48.3 Å². The fourth-order valence-electron chi connectivity index (χ4n) is 8.89. The first-order chi connectivity index (χ1) is 24.8. The molecule has 4 fully saturated rings. The number of Topliss-reactive ketones (excluding diaryl/α,β-unsaturated/α-hetero) is 1. The van der Waals surface area contributed by atoms with E-state index < -0.39 is 30.0 Å². The molecule has 1 aliphatic heterocycles. The molecule has 5 N–H and O–H groups in total. The lowest BCUT2D eigenvalue weighted by atomic mass is 9.61. The SMILES string of the molecule is C=C(O)/C(=C\C=C1/CCC[C@@]2(C)C1CCC2[C@@H](C)/C=C/C(CC(=O)CCONCC1OC(n2ccc(N)nc2=O)C(F)(F)C1O)C1CC1)CCCC. The van der Waals surface area contributed by atoms with E-state index in [1.54, 1.807) is 0 Å². The van der Waals surface area contributed by atoms with E-state index in [9.17, 15) is 28.6 Å². The number of nitrogens with zero attached hydrogens (tertiary/aromatic N) is 2. The van der Waals surface area contributed by atoms with Crippen LogP contribution in [-0.2, 0) is 14.4 Å². The van der Waals surface area contributed by atoms with Gasteiger partial charge in [0.2, 0.25) is 6.23 Å². The molecule has 5 rings (SSSR count). The van der Waals surface area contributed by atoms with Crippen molar-refractivity contribution in [2.24, 2.45) is 35.0 Å². The van der Waals surface area contributed by atoms with Crippen molar-refractivity contribution in [1.29, 1.82) is 0 Å². The normalized spacial score (nSPS) is 30.8. The van der Waals surface area contributed by atoms with Gasteiger partial charge in [-0.15, -0.1) is 0 Å². The van der Waals surface area contributed by atoms with Crippen LogP contribution in [0.5, 0.6) is 0 Å². The number of unbranched alkanes of at least 4 members (excludes halogenated alkanes) is 1. The van der Waals surface area contributed by atoms with Gasteiger partial charge in [0, 0.05) is 19.0 Å². The highest BCUT2D eigenvalue weighted by Gasteiger charge is 2.59. The molecule has 6 unspecified atom stereocenters. The average molecular weight is 729 g/mol. The topological polar surface area (TPSA) is 149 Å². The molecule has 12 heteroatoms. The number of aromatic nitrogens is 2. The van der Waals surface area contributed by atoms with Crippen LogP contribution in [0.25, 0.3) is 0 Å². The molecule has 2 heterocycles. The van der Waals surface area contributed by atoms with Crippen molar-refractivity contribution in [2.45, 2.75) is 122 Å². The zero-order valence-corrected chi connectivity index (χ0v) is 30.9. The van der Waals surface area contributed by atoms with Gasteiger partial charge in [-0.05, 0) is 104 Å². The van der Waals surface area contributed by atoms with Crippen molar-refractivity contribution in [3.8, 4) is 0 Å². The Morgan fingerprint density at radius 2 is 2.04 bits per heavy atom. The van der Waals surface area contributed by atoms with Gasteiger partial charge in [-0.3, -0.25) is 9.36 Å². The van der Waals surface area contributed by atoms with E-state index >= 15 is 0 Å². The summed E-state index contributed by atoms with van der Waals surface area (Å²) < 4.78 is 35.5. The first-order valence-electron chi connectivity index (χ1n) is 19.1. The van der Waals surface area contributed by atoms with Crippen LogP contribution in [0, 0.1) is 35.0 Å². The monoisotopic (exact) mass is 728 g/mol. The second-order valence-electron chi connectivity index (χ2n) is 15.7. The summed E-state index contributed by atoms with van der Waals surface area (Å²) >= 11 is 0. The summed E-state index contributed by atoms with van der Waals surface area (Å²) in [6.07, 6.45) is 16.1. The summed E-state index contributed by atoms with van der Waals surface area (Å²) in [6.45, 7) is 10.5. The van der Waals surface area contributed by atoms with Gasteiger partial charge in [0.05, 0.1) is 13.2 Å². The predicted octanol–water partition coefficient (Wildman–Crippen LogP) is 7.14. The van der Waals surface area contributed by atoms with Crippen LogP contribution in [0.15, 0.2) is 64.8 Å². The van der Waals surface area contributed by atoms with Crippen molar-refractivity contribution < 1.29 is 33.4 Å². The summed E-state index contributed by atoms with van der Waals surface area (Å²) in [6, 6.07) is 1.19. The summed E-state index contributed by atoms with van der Waals surface area (Å²) in [7, 11) is 0. The molecule has 3 saturated carbocycles. The molecule has 0 amide bonds. The van der Waals surface area contributed by atoms with Gasteiger partial charge in [-0.2, -0.15) is 19.2 Å². The van der Waals surface area contributed by atoms with E-state index in [0.29, 0.717) is 34.7 Å². The number of hydroxylamine groups is 1. The molecule has 0 bridgehead atoms. The molecular weight excluding hydrogens is 670 g/mol. The molecule has 0 radical (unpaired) electrons. The molecule has 1 aromatic heterocycles. The van der Waals surface area contributed by atoms with Gasteiger partial charge in [-0.25, -0.2) is 4.79 Å². The molecular formula is C40H58F2N4O6. The number of fused-ring (bicyclic) bond motifs is 1. The Labute approximate surface area is 306 Å². The molecule has 8 atom stereocenters. The third kappa shape index (κ3) is 9.29. The zero-order chi connectivity index (χ0) is 37.6. The Bertz CT molecular complexity index is 1570. The largest absolute Gasteiger partial charge is 0.508 e. The highest BCUT2D eigenvalue weighted by molar-refractivity contribution is 5.79. The number of alkyl halides is 2. The fourth-order valence-corrected chi connectivity index (χ4v) is 8.89. The van der Waals surface area contributed by atoms with Gasteiger partial charge < -0.3 is 25.5 Å². The summed E-state index contributed by atoms with van der Waals surface area (Å²) in [4.78, 5) is 33.9. The van der Waals surface area contributed by atoms with Crippen LogP contribution in [-0.4, -0.2) is 56.8 Å². The quantitative estimate of drug-likeness (QED) is 0.0407. The number of carbonyl (C=O) groups is 1. The minimum Gasteiger partial charge on any atom is -0.508 e. The number of hydrogen-bond acceptors (Lipinski definition) is 9. The van der Waals surface area contributed by atoms with Crippen LogP contribution in [0.1, 0.15) is 104 Å². The highest BCUT2D eigenvalue weighted by Crippen LogP contribution is 2.59. The maximum Gasteiger partial charge on any atom is 0.351 e. The highest BCUT2D eigenvalue weighted by atomic mass is 19.3. The van der Waals surface area contributed by atoms with Crippen molar-refractivity contribution in [1.82, 2.24) is 15.0 Å². The molecule has 1 saturated heterocycles. The van der Waals surface area contributed by atoms with Gasteiger partial charge in [0.1, 0.15) is 29.6 Å². The van der Waals surface area contributed by atoms with Gasteiger partial charge >= 0.3 is 11.6 Å².